The van der Waals surface area contributed by atoms with Gasteiger partial charge in [0.15, 0.2) is 5.82 Å². The monoisotopic (exact) mass is 389 g/mol. The van der Waals surface area contributed by atoms with Gasteiger partial charge in [-0.25, -0.2) is 9.18 Å². The summed E-state index contributed by atoms with van der Waals surface area (Å²) in [5.74, 6) is 2.66. The molecular formula is C19H17ClFN3OS. The molecule has 1 N–H and O–H groups in total. The smallest absolute Gasteiger partial charge is 0.288 e. The van der Waals surface area contributed by atoms with Gasteiger partial charge in [0.25, 0.3) is 0 Å². The van der Waals surface area contributed by atoms with Crippen LogP contribution in [0.2, 0.25) is 5.02 Å². The molecule has 0 aliphatic carbocycles. The molecule has 0 spiro atoms. The second kappa shape index (κ2) is 7.02. The molecule has 4 nitrogen and oxygen atoms in total. The second-order valence-corrected chi connectivity index (χ2v) is 10.7. The molecule has 2 aromatic carbocycles. The van der Waals surface area contributed by atoms with Gasteiger partial charge in [-0.1, -0.05) is 23.6 Å². The number of nitrogens with zero attached hydrogens (tertiary/aromatic N) is 2. The summed E-state index contributed by atoms with van der Waals surface area (Å²) in [6.07, 6.45) is 6.35. The third-order valence-corrected chi connectivity index (χ3v) is 4.46. The van der Waals surface area contributed by atoms with Gasteiger partial charge in [-0.15, -0.1) is 5.10 Å². The molecule has 0 aliphatic rings. The Hall–Kier alpha value is -2.49. The van der Waals surface area contributed by atoms with Crippen molar-refractivity contribution < 1.29 is 4.39 Å². The minimum atomic E-state index is -0.908. The van der Waals surface area contributed by atoms with Crippen LogP contribution in [-0.4, -0.2) is 33.5 Å². The van der Waals surface area contributed by atoms with E-state index in [1.165, 1.54) is 16.8 Å². The zero-order chi connectivity index (χ0) is 18.9. The molecule has 3 aromatic rings. The molecule has 7 heteroatoms. The van der Waals surface area contributed by atoms with Crippen molar-refractivity contribution in [3.8, 4) is 28.2 Å². The Kier molecular flexibility index (Phi) is 4.94. The predicted molar refractivity (Wildman–Crippen MR) is 107 cm³/mol. The number of aromatic amines is 1. The molecule has 0 unspecified atom stereocenters. The summed E-state index contributed by atoms with van der Waals surface area (Å²) in [5, 5.41) is 7.59. The normalized spacial score (nSPS) is 11.7. The molecule has 26 heavy (non-hydrogen) atoms. The summed E-state index contributed by atoms with van der Waals surface area (Å²) in [4.78, 5) is 14.8. The molecule has 0 saturated heterocycles. The molecule has 0 radical (unpaired) electrons. The molecule has 0 aliphatic heterocycles. The maximum atomic E-state index is 14.0. The van der Waals surface area contributed by atoms with Crippen molar-refractivity contribution in [2.75, 3.05) is 18.8 Å². The van der Waals surface area contributed by atoms with Gasteiger partial charge in [-0.05, 0) is 60.4 Å². The van der Waals surface area contributed by atoms with Gasteiger partial charge in [0, 0.05) is 5.56 Å². The number of H-pyrrole nitrogens is 1. The zero-order valence-corrected chi connectivity index (χ0v) is 16.1. The van der Waals surface area contributed by atoms with Crippen LogP contribution in [0.15, 0.2) is 47.3 Å². The quantitative estimate of drug-likeness (QED) is 0.673. The Morgan fingerprint density at radius 3 is 2.46 bits per heavy atom. The van der Waals surface area contributed by atoms with Crippen molar-refractivity contribution in [1.29, 1.82) is 0 Å². The van der Waals surface area contributed by atoms with Gasteiger partial charge < -0.3 is 0 Å². The summed E-state index contributed by atoms with van der Waals surface area (Å²) in [7, 11) is -0.908. The number of aromatic nitrogens is 3. The molecule has 0 saturated carbocycles. The van der Waals surface area contributed by atoms with E-state index in [9.17, 15) is 9.18 Å². The first-order chi connectivity index (χ1) is 12.2. The minimum absolute atomic E-state index is 0.0701. The zero-order valence-electron chi connectivity index (χ0n) is 14.5. The van der Waals surface area contributed by atoms with Crippen LogP contribution < -0.4 is 5.69 Å². The van der Waals surface area contributed by atoms with Crippen molar-refractivity contribution in [3.05, 3.63) is 69.4 Å². The van der Waals surface area contributed by atoms with E-state index in [1.807, 2.05) is 12.1 Å². The summed E-state index contributed by atoms with van der Waals surface area (Å²) >= 11 is 6.04. The summed E-state index contributed by atoms with van der Waals surface area (Å²) in [5.41, 5.74) is 1.01. The second-order valence-electron chi connectivity index (χ2n) is 6.40. The number of nitrogens with one attached hydrogen (secondary N) is 1. The minimum Gasteiger partial charge on any atom is -0.288 e. The number of benzene rings is 2. The van der Waals surface area contributed by atoms with E-state index < -0.39 is 21.5 Å². The largest absolute Gasteiger partial charge is 0.348 e. The van der Waals surface area contributed by atoms with Crippen molar-refractivity contribution >= 4 is 21.6 Å². The lowest BCUT2D eigenvalue weighted by Gasteiger charge is -2.14. The van der Waals surface area contributed by atoms with Crippen molar-refractivity contribution in [2.45, 2.75) is 0 Å². The Morgan fingerprint density at radius 2 is 1.85 bits per heavy atom. The van der Waals surface area contributed by atoms with E-state index in [1.54, 1.807) is 18.2 Å². The van der Waals surface area contributed by atoms with Crippen LogP contribution in [0, 0.1) is 17.0 Å². The van der Waals surface area contributed by atoms with Crippen LogP contribution in [-0.2, 0) is 0 Å². The first kappa shape index (κ1) is 18.3. The SMILES string of the molecule is CS(C)(C)C#Cc1ccc(-n2nc(-c3c(F)cccc3Cl)[nH]c2=O)cc1. The molecule has 134 valence electrons. The Labute approximate surface area is 157 Å². The number of halogens is 2. The Bertz CT molecular complexity index is 1050. The van der Waals surface area contributed by atoms with E-state index in [4.69, 9.17) is 11.6 Å². The van der Waals surface area contributed by atoms with Gasteiger partial charge in [0.2, 0.25) is 0 Å². The van der Waals surface area contributed by atoms with Crippen LogP contribution in [0.5, 0.6) is 0 Å². The molecule has 1 aromatic heterocycles. The first-order valence-electron chi connectivity index (χ1n) is 7.70. The fourth-order valence-electron chi connectivity index (χ4n) is 2.23. The Balaban J connectivity index is 1.97. The predicted octanol–water partition coefficient (Wildman–Crippen LogP) is 4.02. The molecule has 3 rings (SSSR count). The van der Waals surface area contributed by atoms with E-state index in [0.717, 1.165) is 5.56 Å². The average molecular weight is 390 g/mol. The lowest BCUT2D eigenvalue weighted by Crippen LogP contribution is -2.15. The highest BCUT2D eigenvalue weighted by atomic mass is 35.5. The van der Waals surface area contributed by atoms with Crippen LogP contribution >= 0.6 is 21.6 Å². The molecule has 0 fully saturated rings. The fourth-order valence-corrected chi connectivity index (χ4v) is 2.91. The number of hydrogen-bond donors (Lipinski definition) is 1. The van der Waals surface area contributed by atoms with Gasteiger partial charge >= 0.3 is 5.69 Å². The third-order valence-electron chi connectivity index (χ3n) is 3.43. The third kappa shape index (κ3) is 4.01. The summed E-state index contributed by atoms with van der Waals surface area (Å²) in [6, 6.07) is 11.4. The maximum Gasteiger partial charge on any atom is 0.348 e. The van der Waals surface area contributed by atoms with Crippen LogP contribution in [0.1, 0.15) is 5.56 Å². The highest BCUT2D eigenvalue weighted by Crippen LogP contribution is 2.32. The molecule has 0 atom stereocenters. The van der Waals surface area contributed by atoms with Crippen molar-refractivity contribution in [3.63, 3.8) is 0 Å². The standard InChI is InChI=1S/C19H17ClFN3OS/c1-26(2,3)12-11-13-7-9-14(10-8-13)24-19(25)22-18(23-24)17-15(20)5-4-6-16(17)21/h4-10H,1-3H3,(H,22,23,25). The van der Waals surface area contributed by atoms with E-state index >= 15 is 0 Å². The summed E-state index contributed by atoms with van der Waals surface area (Å²) < 4.78 is 15.2. The van der Waals surface area contributed by atoms with Gasteiger partial charge in [0.05, 0.1) is 16.3 Å². The fraction of sp³-hybridized carbons (Fsp3) is 0.158. The van der Waals surface area contributed by atoms with Gasteiger partial charge in [-0.3, -0.25) is 4.98 Å². The van der Waals surface area contributed by atoms with E-state index in [2.05, 4.69) is 40.0 Å². The number of rotatable bonds is 2. The maximum absolute atomic E-state index is 14.0. The van der Waals surface area contributed by atoms with Gasteiger partial charge in [0.1, 0.15) is 5.82 Å². The van der Waals surface area contributed by atoms with E-state index in [0.29, 0.717) is 5.69 Å². The highest BCUT2D eigenvalue weighted by molar-refractivity contribution is 8.35. The molecule has 0 bridgehead atoms. The molecular weight excluding hydrogens is 373 g/mol. The van der Waals surface area contributed by atoms with Gasteiger partial charge in [-0.2, -0.15) is 14.7 Å². The lowest BCUT2D eigenvalue weighted by molar-refractivity contribution is 0.630. The molecule has 1 heterocycles. The highest BCUT2D eigenvalue weighted by Gasteiger charge is 2.15. The van der Waals surface area contributed by atoms with Crippen LogP contribution in [0.25, 0.3) is 17.1 Å². The average Bonchev–Trinajstić information content (AvgIpc) is 2.94. The first-order valence-corrected chi connectivity index (χ1v) is 10.9. The molecule has 0 amide bonds. The number of hydrogen-bond acceptors (Lipinski definition) is 2. The van der Waals surface area contributed by atoms with Crippen molar-refractivity contribution in [2.24, 2.45) is 0 Å². The lowest BCUT2D eigenvalue weighted by atomic mass is 10.2. The van der Waals surface area contributed by atoms with Crippen LogP contribution in [0.3, 0.4) is 0 Å². The topological polar surface area (TPSA) is 50.7 Å². The summed E-state index contributed by atoms with van der Waals surface area (Å²) in [6.45, 7) is 0. The van der Waals surface area contributed by atoms with Crippen molar-refractivity contribution in [1.82, 2.24) is 14.8 Å². The Morgan fingerprint density at radius 1 is 1.15 bits per heavy atom. The van der Waals surface area contributed by atoms with Crippen LogP contribution in [0.4, 0.5) is 4.39 Å². The van der Waals surface area contributed by atoms with E-state index in [-0.39, 0.29) is 16.4 Å².